The summed E-state index contributed by atoms with van der Waals surface area (Å²) >= 11 is 0. The van der Waals surface area contributed by atoms with E-state index in [1.54, 1.807) is 0 Å². The van der Waals surface area contributed by atoms with Gasteiger partial charge in [0.25, 0.3) is 0 Å². The first kappa shape index (κ1) is 12.9. The first-order valence-corrected chi connectivity index (χ1v) is 7.74. The van der Waals surface area contributed by atoms with E-state index in [0.29, 0.717) is 0 Å². The van der Waals surface area contributed by atoms with Crippen LogP contribution >= 0.6 is 0 Å². The summed E-state index contributed by atoms with van der Waals surface area (Å²) < 4.78 is 0. The van der Waals surface area contributed by atoms with Crippen LogP contribution in [-0.2, 0) is 0 Å². The molecule has 1 heteroatoms. The van der Waals surface area contributed by atoms with Crippen LogP contribution < -0.4 is 5.32 Å². The van der Waals surface area contributed by atoms with E-state index in [-0.39, 0.29) is 0 Å². The van der Waals surface area contributed by atoms with Crippen molar-refractivity contribution in [1.82, 2.24) is 5.32 Å². The molecule has 19 heavy (non-hydrogen) atoms. The largest absolute Gasteiger partial charge is 0.317 e. The van der Waals surface area contributed by atoms with Crippen LogP contribution in [0.5, 0.6) is 0 Å². The van der Waals surface area contributed by atoms with Crippen molar-refractivity contribution in [3.05, 3.63) is 41.5 Å². The number of allylic oxidation sites excluding steroid dienone is 2. The minimum atomic E-state index is 0.748. The predicted molar refractivity (Wildman–Crippen MR) is 81.1 cm³/mol. The Hall–Kier alpha value is -1.08. The van der Waals surface area contributed by atoms with Crippen molar-refractivity contribution in [3.8, 4) is 0 Å². The van der Waals surface area contributed by atoms with E-state index in [1.807, 2.05) is 0 Å². The summed E-state index contributed by atoms with van der Waals surface area (Å²) in [5, 5.41) is 3.45. The van der Waals surface area contributed by atoms with Crippen molar-refractivity contribution in [2.75, 3.05) is 13.1 Å². The van der Waals surface area contributed by atoms with Gasteiger partial charge in [-0.05, 0) is 79.8 Å². The number of hydrogen-bond donors (Lipinski definition) is 1. The molecule has 1 saturated heterocycles. The molecular formula is C18H24N. The predicted octanol–water partition coefficient (Wildman–Crippen LogP) is 4.16. The maximum absolute atomic E-state index is 3.45. The quantitative estimate of drug-likeness (QED) is 0.835. The second-order valence-electron chi connectivity index (χ2n) is 6.17. The van der Waals surface area contributed by atoms with Crippen LogP contribution in [0.1, 0.15) is 56.1 Å². The Labute approximate surface area is 117 Å². The number of rotatable bonds is 2. The highest BCUT2D eigenvalue weighted by Gasteiger charge is 2.17. The maximum Gasteiger partial charge on any atom is -0.00431 e. The monoisotopic (exact) mass is 254 g/mol. The van der Waals surface area contributed by atoms with E-state index in [1.165, 1.54) is 61.9 Å². The van der Waals surface area contributed by atoms with Gasteiger partial charge in [0.2, 0.25) is 0 Å². The Morgan fingerprint density at radius 1 is 1.21 bits per heavy atom. The standard InChI is InChI=1S/C18H24N/c1-14-5-7-15(8-6-14)17-3-2-4-18(13-17)16-9-11-19-12-10-16/h2,4,7,13-14,16,19H,5-6,8-12H2,1H3. The molecule has 101 valence electrons. The minimum absolute atomic E-state index is 0.748. The Kier molecular flexibility index (Phi) is 4.03. The first-order valence-electron chi connectivity index (χ1n) is 7.74. The molecule has 1 atom stereocenters. The molecule has 1 nitrogen and oxygen atoms in total. The van der Waals surface area contributed by atoms with E-state index in [4.69, 9.17) is 0 Å². The molecule has 0 saturated carbocycles. The molecule has 1 aromatic carbocycles. The van der Waals surface area contributed by atoms with Gasteiger partial charge in [-0.25, -0.2) is 0 Å². The average Bonchev–Trinajstić information content (AvgIpc) is 2.49. The van der Waals surface area contributed by atoms with Gasteiger partial charge in [-0.3, -0.25) is 0 Å². The Morgan fingerprint density at radius 2 is 2.05 bits per heavy atom. The molecule has 0 bridgehead atoms. The number of piperidine rings is 1. The highest BCUT2D eigenvalue weighted by molar-refractivity contribution is 5.66. The van der Waals surface area contributed by atoms with Crippen molar-refractivity contribution in [2.45, 2.75) is 44.9 Å². The molecule has 1 heterocycles. The molecule has 3 rings (SSSR count). The molecule has 1 aliphatic carbocycles. The summed E-state index contributed by atoms with van der Waals surface area (Å²) in [5.41, 5.74) is 4.39. The van der Waals surface area contributed by atoms with Crippen molar-refractivity contribution in [2.24, 2.45) is 5.92 Å². The molecule has 0 aromatic heterocycles. The highest BCUT2D eigenvalue weighted by Crippen LogP contribution is 2.32. The Bertz CT molecular complexity index is 455. The molecule has 1 aliphatic heterocycles. The van der Waals surface area contributed by atoms with Crippen molar-refractivity contribution >= 4 is 5.57 Å². The summed E-state index contributed by atoms with van der Waals surface area (Å²) in [4.78, 5) is 0. The zero-order valence-electron chi connectivity index (χ0n) is 11.9. The fourth-order valence-electron chi connectivity index (χ4n) is 3.29. The number of nitrogens with one attached hydrogen (secondary N) is 1. The SMILES string of the molecule is CC1CC=C(c2[c]ccc(C3CCNCC3)c2)CC1. The Balaban J connectivity index is 1.79. The molecule has 1 unspecified atom stereocenters. The Morgan fingerprint density at radius 3 is 2.79 bits per heavy atom. The zero-order valence-corrected chi connectivity index (χ0v) is 11.9. The van der Waals surface area contributed by atoms with Gasteiger partial charge < -0.3 is 5.32 Å². The fraction of sp³-hybridized carbons (Fsp3) is 0.556. The molecule has 1 radical (unpaired) electrons. The molecule has 1 N–H and O–H groups in total. The molecule has 1 aromatic rings. The first-order chi connectivity index (χ1) is 9.33. The van der Waals surface area contributed by atoms with Gasteiger partial charge in [-0.1, -0.05) is 31.2 Å². The van der Waals surface area contributed by atoms with Crippen LogP contribution in [0.4, 0.5) is 0 Å². The lowest BCUT2D eigenvalue weighted by Gasteiger charge is -2.24. The van der Waals surface area contributed by atoms with Crippen LogP contribution in [0.2, 0.25) is 0 Å². The van der Waals surface area contributed by atoms with E-state index in [2.05, 4.69) is 42.6 Å². The average molecular weight is 254 g/mol. The van der Waals surface area contributed by atoms with Crippen LogP contribution in [-0.4, -0.2) is 13.1 Å². The lowest BCUT2D eigenvalue weighted by Crippen LogP contribution is -2.26. The van der Waals surface area contributed by atoms with Crippen molar-refractivity contribution in [1.29, 1.82) is 0 Å². The minimum Gasteiger partial charge on any atom is -0.317 e. The summed E-state index contributed by atoms with van der Waals surface area (Å²) in [6.07, 6.45) is 8.79. The summed E-state index contributed by atoms with van der Waals surface area (Å²) in [7, 11) is 0. The summed E-state index contributed by atoms with van der Waals surface area (Å²) in [6, 6.07) is 10.2. The molecule has 1 fully saturated rings. The van der Waals surface area contributed by atoms with E-state index in [0.717, 1.165) is 11.8 Å². The third-order valence-electron chi connectivity index (χ3n) is 4.66. The van der Waals surface area contributed by atoms with Gasteiger partial charge in [0, 0.05) is 0 Å². The topological polar surface area (TPSA) is 12.0 Å². The lowest BCUT2D eigenvalue weighted by atomic mass is 9.85. The zero-order chi connectivity index (χ0) is 13.1. The van der Waals surface area contributed by atoms with Crippen molar-refractivity contribution in [3.63, 3.8) is 0 Å². The molecule has 0 amide bonds. The fourth-order valence-corrected chi connectivity index (χ4v) is 3.29. The van der Waals surface area contributed by atoms with Crippen LogP contribution in [0, 0.1) is 12.0 Å². The lowest BCUT2D eigenvalue weighted by molar-refractivity contribution is 0.460. The molecular weight excluding hydrogens is 230 g/mol. The molecule has 0 spiro atoms. The number of hydrogen-bond acceptors (Lipinski definition) is 1. The van der Waals surface area contributed by atoms with Crippen LogP contribution in [0.25, 0.3) is 5.57 Å². The van der Waals surface area contributed by atoms with Gasteiger partial charge in [0.05, 0.1) is 0 Å². The third-order valence-corrected chi connectivity index (χ3v) is 4.66. The van der Waals surface area contributed by atoms with Crippen LogP contribution in [0.15, 0.2) is 24.3 Å². The number of benzene rings is 1. The van der Waals surface area contributed by atoms with Gasteiger partial charge in [-0.2, -0.15) is 0 Å². The van der Waals surface area contributed by atoms with Crippen molar-refractivity contribution < 1.29 is 0 Å². The smallest absolute Gasteiger partial charge is 0.00431 e. The normalized spacial score (nSPS) is 25.1. The van der Waals surface area contributed by atoms with Gasteiger partial charge in [0.15, 0.2) is 0 Å². The van der Waals surface area contributed by atoms with E-state index >= 15 is 0 Å². The van der Waals surface area contributed by atoms with Gasteiger partial charge in [0.1, 0.15) is 0 Å². The van der Waals surface area contributed by atoms with Crippen LogP contribution in [0.3, 0.4) is 0 Å². The second-order valence-corrected chi connectivity index (χ2v) is 6.17. The second kappa shape index (κ2) is 5.92. The summed E-state index contributed by atoms with van der Waals surface area (Å²) in [6.45, 7) is 4.68. The summed E-state index contributed by atoms with van der Waals surface area (Å²) in [5.74, 6) is 1.61. The highest BCUT2D eigenvalue weighted by atomic mass is 14.9. The van der Waals surface area contributed by atoms with E-state index in [9.17, 15) is 0 Å². The van der Waals surface area contributed by atoms with Gasteiger partial charge >= 0.3 is 0 Å². The van der Waals surface area contributed by atoms with Gasteiger partial charge in [-0.15, -0.1) is 0 Å². The third kappa shape index (κ3) is 3.09. The maximum atomic E-state index is 3.45. The molecule has 2 aliphatic rings. The van der Waals surface area contributed by atoms with E-state index < -0.39 is 0 Å².